The number of sulfonamides is 1. The van der Waals surface area contributed by atoms with Gasteiger partial charge in [0.2, 0.25) is 10.0 Å². The fraction of sp³-hybridized carbons (Fsp3) is 0.333. The molecule has 0 aliphatic rings. The van der Waals surface area contributed by atoms with Crippen molar-refractivity contribution in [1.82, 2.24) is 9.71 Å². The smallest absolute Gasteiger partial charge is 0.218 e. The molecule has 0 bridgehead atoms. The van der Waals surface area contributed by atoms with Crippen LogP contribution in [0, 0.1) is 0 Å². The number of thiocarbonyl (C=S) groups is 1. The molecule has 3 N–H and O–H groups in total. The third-order valence-electron chi connectivity index (χ3n) is 1.82. The van der Waals surface area contributed by atoms with E-state index in [2.05, 4.69) is 21.9 Å². The highest BCUT2D eigenvalue weighted by atomic mass is 32.2. The molecule has 0 aliphatic heterocycles. The van der Waals surface area contributed by atoms with E-state index in [9.17, 15) is 8.42 Å². The van der Waals surface area contributed by atoms with Crippen LogP contribution in [-0.2, 0) is 16.4 Å². The Kier molecular flexibility index (Phi) is 4.78. The Morgan fingerprint density at radius 2 is 2.06 bits per heavy atom. The van der Waals surface area contributed by atoms with Crippen molar-refractivity contribution in [2.45, 2.75) is 6.42 Å². The highest BCUT2D eigenvalue weighted by Gasteiger charge is 2.10. The zero-order valence-electron chi connectivity index (χ0n) is 8.59. The topological polar surface area (TPSA) is 85.1 Å². The van der Waals surface area contributed by atoms with Gasteiger partial charge in [-0.2, -0.15) is 0 Å². The van der Waals surface area contributed by atoms with Crippen LogP contribution in [0.2, 0.25) is 0 Å². The largest absolute Gasteiger partial charge is 0.392 e. The summed E-state index contributed by atoms with van der Waals surface area (Å²) in [6.45, 7) is 0.328. The fourth-order valence-electron chi connectivity index (χ4n) is 1.14. The highest BCUT2D eigenvalue weighted by Crippen LogP contribution is 1.96. The van der Waals surface area contributed by atoms with E-state index in [1.54, 1.807) is 12.4 Å². The molecule has 0 amide bonds. The molecule has 0 spiro atoms. The van der Waals surface area contributed by atoms with Gasteiger partial charge in [-0.3, -0.25) is 4.98 Å². The summed E-state index contributed by atoms with van der Waals surface area (Å²) < 4.78 is 25.1. The molecule has 16 heavy (non-hydrogen) atoms. The molecular formula is C9H13N3O2S2. The summed E-state index contributed by atoms with van der Waals surface area (Å²) in [4.78, 5) is 3.84. The average Bonchev–Trinajstić information content (AvgIpc) is 2.16. The van der Waals surface area contributed by atoms with Crippen LogP contribution in [0.25, 0.3) is 0 Å². The molecule has 1 rings (SSSR count). The molecule has 0 atom stereocenters. The minimum absolute atomic E-state index is 0.0311. The van der Waals surface area contributed by atoms with Crippen LogP contribution < -0.4 is 10.5 Å². The lowest BCUT2D eigenvalue weighted by atomic mass is 10.2. The Labute approximate surface area is 100 Å². The molecule has 0 saturated heterocycles. The van der Waals surface area contributed by atoms with Crippen molar-refractivity contribution >= 4 is 27.2 Å². The molecule has 5 nitrogen and oxygen atoms in total. The lowest BCUT2D eigenvalue weighted by molar-refractivity contribution is 0.586. The molecule has 1 aromatic rings. The number of nitrogens with zero attached hydrogens (tertiary/aromatic N) is 1. The Morgan fingerprint density at radius 1 is 1.44 bits per heavy atom. The summed E-state index contributed by atoms with van der Waals surface area (Å²) >= 11 is 4.54. The summed E-state index contributed by atoms with van der Waals surface area (Å²) in [5.41, 5.74) is 6.19. The molecule has 0 fully saturated rings. The second-order valence-electron chi connectivity index (χ2n) is 3.23. The van der Waals surface area contributed by atoms with Crippen molar-refractivity contribution in [3.8, 4) is 0 Å². The van der Waals surface area contributed by atoms with E-state index in [4.69, 9.17) is 5.73 Å². The van der Waals surface area contributed by atoms with Crippen LogP contribution in [-0.4, -0.2) is 30.7 Å². The van der Waals surface area contributed by atoms with Gasteiger partial charge in [-0.25, -0.2) is 13.1 Å². The summed E-state index contributed by atoms with van der Waals surface area (Å²) in [7, 11) is -3.38. The Balaban J connectivity index is 2.39. The van der Waals surface area contributed by atoms with E-state index in [-0.39, 0.29) is 10.7 Å². The van der Waals surface area contributed by atoms with Crippen molar-refractivity contribution < 1.29 is 8.42 Å². The number of pyridine rings is 1. The quantitative estimate of drug-likeness (QED) is 0.693. The zero-order valence-corrected chi connectivity index (χ0v) is 10.2. The molecule has 1 heterocycles. The number of nitrogens with two attached hydrogens (primary N) is 1. The minimum Gasteiger partial charge on any atom is -0.392 e. The highest BCUT2D eigenvalue weighted by molar-refractivity contribution is 7.92. The van der Waals surface area contributed by atoms with Crippen molar-refractivity contribution in [2.75, 3.05) is 12.3 Å². The van der Waals surface area contributed by atoms with Gasteiger partial charge in [-0.1, -0.05) is 12.2 Å². The van der Waals surface area contributed by atoms with Crippen LogP contribution >= 0.6 is 12.2 Å². The van der Waals surface area contributed by atoms with Crippen LogP contribution in [0.1, 0.15) is 5.56 Å². The molecule has 0 aromatic carbocycles. The lowest BCUT2D eigenvalue weighted by Gasteiger charge is -2.05. The van der Waals surface area contributed by atoms with E-state index < -0.39 is 10.0 Å². The first kappa shape index (κ1) is 13.0. The van der Waals surface area contributed by atoms with E-state index in [1.807, 2.05) is 12.1 Å². The van der Waals surface area contributed by atoms with Crippen molar-refractivity contribution in [2.24, 2.45) is 5.73 Å². The minimum atomic E-state index is -3.38. The third kappa shape index (κ3) is 5.15. The Hall–Kier alpha value is -1.05. The molecule has 7 heteroatoms. The van der Waals surface area contributed by atoms with Gasteiger partial charge < -0.3 is 5.73 Å². The predicted molar refractivity (Wildman–Crippen MR) is 66.5 cm³/mol. The number of hydrogen-bond acceptors (Lipinski definition) is 4. The molecular weight excluding hydrogens is 246 g/mol. The van der Waals surface area contributed by atoms with E-state index in [0.29, 0.717) is 13.0 Å². The number of rotatable bonds is 6. The number of aromatic nitrogens is 1. The third-order valence-corrected chi connectivity index (χ3v) is 3.48. The first-order valence-corrected chi connectivity index (χ1v) is 6.70. The molecule has 0 aliphatic carbocycles. The van der Waals surface area contributed by atoms with Crippen molar-refractivity contribution in [3.05, 3.63) is 30.1 Å². The first-order valence-electron chi connectivity index (χ1n) is 4.64. The SMILES string of the molecule is NC(=S)CS(=O)(=O)NCCc1ccncc1. The van der Waals surface area contributed by atoms with Crippen LogP contribution in [0.15, 0.2) is 24.5 Å². The van der Waals surface area contributed by atoms with Gasteiger partial charge in [-0.15, -0.1) is 0 Å². The summed E-state index contributed by atoms with van der Waals surface area (Å²) in [5, 5.41) is 0. The first-order chi connectivity index (χ1) is 7.49. The van der Waals surface area contributed by atoms with E-state index in [1.165, 1.54) is 0 Å². The average molecular weight is 259 g/mol. The maximum atomic E-state index is 11.3. The monoisotopic (exact) mass is 259 g/mol. The maximum Gasteiger partial charge on any atom is 0.218 e. The predicted octanol–water partition coefficient (Wildman–Crippen LogP) is -0.170. The van der Waals surface area contributed by atoms with E-state index >= 15 is 0 Å². The molecule has 0 unspecified atom stereocenters. The fourth-order valence-corrected chi connectivity index (χ4v) is 2.49. The second kappa shape index (κ2) is 5.88. The summed E-state index contributed by atoms with van der Waals surface area (Å²) in [6.07, 6.45) is 3.94. The van der Waals surface area contributed by atoms with Crippen molar-refractivity contribution in [1.29, 1.82) is 0 Å². The van der Waals surface area contributed by atoms with Crippen LogP contribution in [0.5, 0.6) is 0 Å². The molecule has 0 radical (unpaired) electrons. The summed E-state index contributed by atoms with van der Waals surface area (Å²) in [5.74, 6) is -0.307. The molecule has 1 aromatic heterocycles. The lowest BCUT2D eigenvalue weighted by Crippen LogP contribution is -2.33. The van der Waals surface area contributed by atoms with Gasteiger partial charge in [0.15, 0.2) is 0 Å². The number of nitrogens with one attached hydrogen (secondary N) is 1. The van der Waals surface area contributed by atoms with Gasteiger partial charge in [0, 0.05) is 18.9 Å². The van der Waals surface area contributed by atoms with Crippen LogP contribution in [0.4, 0.5) is 0 Å². The normalized spacial score (nSPS) is 11.2. The van der Waals surface area contributed by atoms with Gasteiger partial charge in [0.25, 0.3) is 0 Å². The standard InChI is InChI=1S/C9H13N3O2S2/c10-9(15)7-16(13,14)12-6-3-8-1-4-11-5-2-8/h1-2,4-5,12H,3,6-7H2,(H2,10,15). The van der Waals surface area contributed by atoms with E-state index in [0.717, 1.165) is 5.56 Å². The Morgan fingerprint density at radius 3 is 2.62 bits per heavy atom. The molecule has 88 valence electrons. The Bertz CT molecular complexity index is 445. The van der Waals surface area contributed by atoms with Crippen molar-refractivity contribution in [3.63, 3.8) is 0 Å². The molecule has 0 saturated carbocycles. The van der Waals surface area contributed by atoms with Gasteiger partial charge in [0.1, 0.15) is 5.75 Å². The second-order valence-corrected chi connectivity index (χ2v) is 5.56. The summed E-state index contributed by atoms with van der Waals surface area (Å²) in [6, 6.07) is 3.67. The van der Waals surface area contributed by atoms with Gasteiger partial charge in [0.05, 0.1) is 4.99 Å². The van der Waals surface area contributed by atoms with Crippen LogP contribution in [0.3, 0.4) is 0 Å². The van der Waals surface area contributed by atoms with Gasteiger partial charge >= 0.3 is 0 Å². The number of hydrogen-bond donors (Lipinski definition) is 2. The zero-order chi connectivity index (χ0) is 12.0. The maximum absolute atomic E-state index is 11.3. The van der Waals surface area contributed by atoms with Gasteiger partial charge in [-0.05, 0) is 24.1 Å².